The van der Waals surface area contributed by atoms with Gasteiger partial charge in [-0.15, -0.1) is 0 Å². The molecule has 0 amide bonds. The number of nitrogens with two attached hydrogens (primary N) is 1. The summed E-state index contributed by atoms with van der Waals surface area (Å²) < 4.78 is 136. The van der Waals surface area contributed by atoms with E-state index in [4.69, 9.17) is 73.2 Å². The molecule has 4 heterocycles. The summed E-state index contributed by atoms with van der Waals surface area (Å²) in [5.41, 5.74) is 4.37. The third kappa shape index (κ3) is 15.4. The molecule has 0 unspecified atom stereocenters. The van der Waals surface area contributed by atoms with Crippen LogP contribution in [0, 0.1) is 0 Å². The average molecular weight is 995 g/mol. The van der Waals surface area contributed by atoms with Gasteiger partial charge in [-0.3, -0.25) is 0 Å². The van der Waals surface area contributed by atoms with E-state index < -0.39 is 47.7 Å². The number of pyridine rings is 2. The zero-order valence-electron chi connectivity index (χ0n) is 31.3. The van der Waals surface area contributed by atoms with Gasteiger partial charge in [0.15, 0.2) is 5.15 Å². The predicted molar refractivity (Wildman–Crippen MR) is 215 cm³/mol. The minimum absolute atomic E-state index is 0.0729. The van der Waals surface area contributed by atoms with Crippen LogP contribution in [0.1, 0.15) is 46.5 Å². The van der Waals surface area contributed by atoms with Crippen molar-refractivity contribution in [2.45, 2.75) is 38.0 Å². The molecule has 0 saturated heterocycles. The lowest BCUT2D eigenvalue weighted by Crippen LogP contribution is -2.08. The lowest BCUT2D eigenvalue weighted by Gasteiger charge is -2.11. The van der Waals surface area contributed by atoms with Crippen LogP contribution in [-0.4, -0.2) is 43.0 Å². The minimum atomic E-state index is -4.55. The number of alkyl halides is 10. The number of hydrogen-bond acceptors (Lipinski definition) is 10. The van der Waals surface area contributed by atoms with Crippen molar-refractivity contribution in [3.05, 3.63) is 145 Å². The highest BCUT2D eigenvalue weighted by molar-refractivity contribution is 6.41. The smallest absolute Gasteiger partial charge is 0.417 e. The molecule has 0 fully saturated rings. The molecule has 10 nitrogen and oxygen atoms in total. The number of ether oxygens (including phenoxy) is 2. The van der Waals surface area contributed by atoms with Gasteiger partial charge in [-0.05, 0) is 66.9 Å². The Kier molecular flexibility index (Phi) is 18.6. The molecule has 336 valence electrons. The molecule has 3 N–H and O–H groups in total. The highest BCUT2D eigenvalue weighted by Gasteiger charge is 2.33. The quantitative estimate of drug-likeness (QED) is 0.0901. The van der Waals surface area contributed by atoms with Crippen LogP contribution in [0.2, 0.25) is 25.2 Å². The van der Waals surface area contributed by atoms with Crippen LogP contribution in [-0.2, 0) is 25.2 Å². The van der Waals surface area contributed by atoms with Gasteiger partial charge in [-0.2, -0.15) is 26.3 Å². The molecule has 63 heavy (non-hydrogen) atoms. The molecule has 0 atom stereocenters. The number of halogens is 15. The molecule has 25 heteroatoms. The second kappa shape index (κ2) is 23.1. The number of hydrogen-bond donors (Lipinski definition) is 2. The largest absolute Gasteiger partial charge is 0.438 e. The highest BCUT2D eigenvalue weighted by atomic mass is 35.5. The average Bonchev–Trinajstić information content (AvgIpc) is 3.22. The number of benzene rings is 2. The third-order valence-corrected chi connectivity index (χ3v) is 9.36. The van der Waals surface area contributed by atoms with Crippen molar-refractivity contribution in [2.75, 3.05) is 18.4 Å². The van der Waals surface area contributed by atoms with Crippen LogP contribution >= 0.6 is 58.0 Å². The molecule has 0 bridgehead atoms. The van der Waals surface area contributed by atoms with Crippen LogP contribution < -0.4 is 20.5 Å². The molecule has 0 radical (unpaired) electrons. The van der Waals surface area contributed by atoms with E-state index in [0.717, 1.165) is 42.3 Å². The fraction of sp³-hybridized carbons (Fsp3) is 0.211. The van der Waals surface area contributed by atoms with E-state index in [-0.39, 0.29) is 42.8 Å². The fourth-order valence-electron chi connectivity index (χ4n) is 4.65. The lowest BCUT2D eigenvalue weighted by molar-refractivity contribution is -0.138. The Hall–Kier alpha value is -4.99. The Morgan fingerprint density at radius 2 is 1.00 bits per heavy atom. The fourth-order valence-corrected chi connectivity index (χ4v) is 5.62. The summed E-state index contributed by atoms with van der Waals surface area (Å²) in [6, 6.07) is 15.2. The Labute approximate surface area is 375 Å². The Morgan fingerprint density at radius 1 is 0.571 bits per heavy atom. The standard InChI is InChI=1S/C19H13Cl2F5N4O.C14H12ClF3N2O.C5H2Cl2F2N2/c20-13-7-11(19(24,25)26)8-28-18(13)31-12-3-1-10(2-4-12)5-6-27-17-14(21)15(16(22)23)29-9-30-17;15-12-7-10(14(16,17)18)8-20-13(12)21-11-3-1-9(2-4-11)5-6-19;6-2-3(5(8)9)10-1-11-4(2)7/h1-4,7-9,16H,5-6H2,(H,27,29,30);1-4,7-8H,5-6,19H2;1,5H. The second-order valence-corrected chi connectivity index (χ2v) is 14.0. The molecular formula is C38H27Cl5F10N8O2. The highest BCUT2D eigenvalue weighted by Crippen LogP contribution is 2.37. The van der Waals surface area contributed by atoms with Gasteiger partial charge in [0.05, 0.1) is 11.1 Å². The molecule has 2 aromatic carbocycles. The predicted octanol–water partition coefficient (Wildman–Crippen LogP) is 13.3. The Bertz CT molecular complexity index is 2420. The Morgan fingerprint density at radius 3 is 1.40 bits per heavy atom. The summed E-state index contributed by atoms with van der Waals surface area (Å²) in [5, 5.41) is 1.72. The molecule has 0 aliphatic rings. The topological polar surface area (TPSA) is 134 Å². The number of nitrogens with zero attached hydrogens (tertiary/aromatic N) is 6. The number of nitrogens with one attached hydrogen (secondary N) is 1. The summed E-state index contributed by atoms with van der Waals surface area (Å²) in [7, 11) is 0. The Balaban J connectivity index is 0.000000233. The van der Waals surface area contributed by atoms with Crippen LogP contribution in [0.3, 0.4) is 0 Å². The molecule has 0 aliphatic heterocycles. The van der Waals surface area contributed by atoms with Crippen molar-refractivity contribution < 1.29 is 53.4 Å². The maximum Gasteiger partial charge on any atom is 0.417 e. The van der Waals surface area contributed by atoms with E-state index in [1.165, 1.54) is 0 Å². The van der Waals surface area contributed by atoms with Gasteiger partial charge >= 0.3 is 12.4 Å². The van der Waals surface area contributed by atoms with Gasteiger partial charge in [0.2, 0.25) is 11.8 Å². The summed E-state index contributed by atoms with van der Waals surface area (Å²) in [6.07, 6.45) is -10.1. The van der Waals surface area contributed by atoms with Crippen molar-refractivity contribution >= 4 is 63.8 Å². The maximum absolute atomic E-state index is 12.8. The molecular weight excluding hydrogens is 968 g/mol. The van der Waals surface area contributed by atoms with Crippen molar-refractivity contribution in [1.82, 2.24) is 29.9 Å². The van der Waals surface area contributed by atoms with Gasteiger partial charge in [0, 0.05) is 18.9 Å². The number of rotatable bonds is 12. The van der Waals surface area contributed by atoms with E-state index in [1.54, 1.807) is 36.4 Å². The van der Waals surface area contributed by atoms with E-state index >= 15 is 0 Å². The molecule has 6 aromatic rings. The lowest BCUT2D eigenvalue weighted by atomic mass is 10.1. The first kappa shape index (κ1) is 50.7. The van der Waals surface area contributed by atoms with Crippen LogP contribution in [0.5, 0.6) is 23.3 Å². The minimum Gasteiger partial charge on any atom is -0.438 e. The first-order chi connectivity index (χ1) is 29.7. The van der Waals surface area contributed by atoms with Gasteiger partial charge in [-0.1, -0.05) is 82.3 Å². The SMILES string of the molecule is FC(F)c1ncnc(Cl)c1Cl.FC(F)c1ncnc(NCCc2ccc(Oc3ncc(C(F)(F)F)cc3Cl)cc2)c1Cl.NCCc1ccc(Oc2ncc(C(F)(F)F)cc2Cl)cc1. The normalized spacial score (nSPS) is 11.4. The number of aromatic nitrogens is 6. The van der Waals surface area contributed by atoms with Crippen LogP contribution in [0.25, 0.3) is 0 Å². The summed E-state index contributed by atoms with van der Waals surface area (Å²) in [6.45, 7) is 0.887. The van der Waals surface area contributed by atoms with Gasteiger partial charge in [-0.25, -0.2) is 47.5 Å². The third-order valence-electron chi connectivity index (χ3n) is 7.69. The molecule has 0 spiro atoms. The zero-order valence-corrected chi connectivity index (χ0v) is 35.1. The van der Waals surface area contributed by atoms with E-state index in [1.807, 2.05) is 12.1 Å². The van der Waals surface area contributed by atoms with Crippen LogP contribution in [0.4, 0.5) is 49.7 Å². The van der Waals surface area contributed by atoms with Gasteiger partial charge in [0.25, 0.3) is 12.9 Å². The van der Waals surface area contributed by atoms with Crippen molar-refractivity contribution in [1.29, 1.82) is 0 Å². The first-order valence-electron chi connectivity index (χ1n) is 17.3. The van der Waals surface area contributed by atoms with E-state index in [9.17, 15) is 43.9 Å². The number of anilines is 1. The molecule has 6 rings (SSSR count). The van der Waals surface area contributed by atoms with Crippen molar-refractivity contribution in [2.24, 2.45) is 5.73 Å². The summed E-state index contributed by atoms with van der Waals surface area (Å²) in [5.74, 6) is 0.639. The molecule has 0 saturated carbocycles. The summed E-state index contributed by atoms with van der Waals surface area (Å²) in [4.78, 5) is 21.2. The van der Waals surface area contributed by atoms with Crippen molar-refractivity contribution in [3.63, 3.8) is 0 Å². The molecule has 0 aliphatic carbocycles. The van der Waals surface area contributed by atoms with E-state index in [0.29, 0.717) is 43.4 Å². The van der Waals surface area contributed by atoms with Crippen molar-refractivity contribution in [3.8, 4) is 23.3 Å². The van der Waals surface area contributed by atoms with E-state index in [2.05, 4.69) is 35.2 Å². The second-order valence-electron chi connectivity index (χ2n) is 12.1. The van der Waals surface area contributed by atoms with Crippen LogP contribution in [0.15, 0.2) is 85.7 Å². The first-order valence-corrected chi connectivity index (χ1v) is 19.2. The zero-order chi connectivity index (χ0) is 46.5. The maximum atomic E-state index is 12.8. The van der Waals surface area contributed by atoms with Gasteiger partial charge < -0.3 is 20.5 Å². The molecule has 4 aromatic heterocycles. The monoisotopic (exact) mass is 992 g/mol. The van der Waals surface area contributed by atoms with Gasteiger partial charge in [0.1, 0.15) is 61.4 Å². The summed E-state index contributed by atoms with van der Waals surface area (Å²) >= 11 is 28.1.